The summed E-state index contributed by atoms with van der Waals surface area (Å²) in [6.45, 7) is 1.48. The minimum Gasteiger partial charge on any atom is -0.351 e. The minimum atomic E-state index is -5.90. The number of benzene rings is 1. The molecule has 23 heavy (non-hydrogen) atoms. The molecule has 0 unspecified atom stereocenters. The van der Waals surface area contributed by atoms with Gasteiger partial charge < -0.3 is 4.18 Å². The molecule has 0 bridgehead atoms. The largest absolute Gasteiger partial charge is 0.534 e. The van der Waals surface area contributed by atoms with Crippen LogP contribution in [0.3, 0.4) is 0 Å². The first-order chi connectivity index (χ1) is 10.6. The normalized spacial score (nSPS) is 12.9. The van der Waals surface area contributed by atoms with Gasteiger partial charge in [0, 0.05) is 18.5 Å². The Morgan fingerprint density at radius 1 is 1.26 bits per heavy atom. The quantitative estimate of drug-likeness (QED) is 0.404. The van der Waals surface area contributed by atoms with E-state index in [1.165, 1.54) is 23.7 Å². The van der Waals surface area contributed by atoms with Crippen molar-refractivity contribution >= 4 is 26.8 Å². The zero-order valence-corrected chi connectivity index (χ0v) is 12.1. The average molecular weight is 349 g/mol. The summed E-state index contributed by atoms with van der Waals surface area (Å²) in [7, 11) is -5.90. The van der Waals surface area contributed by atoms with E-state index in [1.807, 2.05) is 0 Å². The Kier molecular flexibility index (Phi) is 3.21. The maximum absolute atomic E-state index is 13.5. The summed E-state index contributed by atoms with van der Waals surface area (Å²) < 4.78 is 78.6. The third-order valence-electron chi connectivity index (χ3n) is 3.02. The van der Waals surface area contributed by atoms with Crippen LogP contribution in [-0.2, 0) is 10.1 Å². The topological polar surface area (TPSA) is 73.6 Å². The lowest BCUT2D eigenvalue weighted by molar-refractivity contribution is -0.0500. The molecule has 11 heteroatoms. The number of alkyl halides is 3. The van der Waals surface area contributed by atoms with E-state index in [4.69, 9.17) is 0 Å². The lowest BCUT2D eigenvalue weighted by atomic mass is 10.2. The van der Waals surface area contributed by atoms with Crippen LogP contribution in [-0.4, -0.2) is 28.3 Å². The SMILES string of the molecule is Cc1cc(F)cc2c1nc(OS(=O)(=O)C(F)(F)F)c1nccn12. The zero-order chi connectivity index (χ0) is 17.0. The van der Waals surface area contributed by atoms with E-state index in [9.17, 15) is 26.0 Å². The molecule has 0 saturated carbocycles. The Hall–Kier alpha value is -2.43. The van der Waals surface area contributed by atoms with E-state index in [1.54, 1.807) is 0 Å². The second-order valence-electron chi connectivity index (χ2n) is 4.61. The highest BCUT2D eigenvalue weighted by molar-refractivity contribution is 7.88. The molecule has 2 aromatic heterocycles. The molecule has 0 atom stereocenters. The first-order valence-corrected chi connectivity index (χ1v) is 7.44. The van der Waals surface area contributed by atoms with Crippen molar-refractivity contribution < 1.29 is 30.2 Å². The van der Waals surface area contributed by atoms with E-state index < -0.39 is 27.3 Å². The third kappa shape index (κ3) is 2.46. The summed E-state index contributed by atoms with van der Waals surface area (Å²) in [4.78, 5) is 7.48. The lowest BCUT2D eigenvalue weighted by Gasteiger charge is -2.11. The van der Waals surface area contributed by atoms with Crippen LogP contribution in [0, 0.1) is 12.7 Å². The molecule has 0 amide bonds. The Morgan fingerprint density at radius 3 is 2.61 bits per heavy atom. The van der Waals surface area contributed by atoms with Crippen molar-refractivity contribution in [2.24, 2.45) is 0 Å². The number of aromatic nitrogens is 3. The highest BCUT2D eigenvalue weighted by Crippen LogP contribution is 2.30. The Morgan fingerprint density at radius 2 is 1.96 bits per heavy atom. The fourth-order valence-electron chi connectivity index (χ4n) is 2.06. The van der Waals surface area contributed by atoms with Crippen molar-refractivity contribution in [2.75, 3.05) is 0 Å². The van der Waals surface area contributed by atoms with Crippen LogP contribution in [0.5, 0.6) is 5.88 Å². The molecular weight excluding hydrogens is 342 g/mol. The van der Waals surface area contributed by atoms with Gasteiger partial charge >= 0.3 is 15.6 Å². The summed E-state index contributed by atoms with van der Waals surface area (Å²) >= 11 is 0. The fraction of sp³-hybridized carbons (Fsp3) is 0.167. The number of fused-ring (bicyclic) bond motifs is 3. The summed E-state index contributed by atoms with van der Waals surface area (Å²) in [5, 5.41) is 0. The van der Waals surface area contributed by atoms with Crippen LogP contribution < -0.4 is 4.18 Å². The van der Waals surface area contributed by atoms with Gasteiger partial charge in [-0.1, -0.05) is 0 Å². The van der Waals surface area contributed by atoms with Gasteiger partial charge in [-0.05, 0) is 18.6 Å². The molecule has 3 rings (SSSR count). The standard InChI is InChI=1S/C12H7F4N3O3S/c1-6-4-7(13)5-8-9(6)18-11(10-17-2-3-19(8)10)22-23(20,21)12(14,15)16/h2-5H,1H3. The van der Waals surface area contributed by atoms with Gasteiger partial charge in [0.05, 0.1) is 11.0 Å². The number of halogens is 4. The van der Waals surface area contributed by atoms with E-state index in [2.05, 4.69) is 14.2 Å². The van der Waals surface area contributed by atoms with E-state index in [-0.39, 0.29) is 16.7 Å². The summed E-state index contributed by atoms with van der Waals surface area (Å²) in [6, 6.07) is 2.21. The van der Waals surface area contributed by atoms with Crippen LogP contribution in [0.2, 0.25) is 0 Å². The molecule has 6 nitrogen and oxygen atoms in total. The fourth-order valence-corrected chi connectivity index (χ4v) is 2.48. The van der Waals surface area contributed by atoms with Gasteiger partial charge in [-0.3, -0.25) is 4.40 Å². The zero-order valence-electron chi connectivity index (χ0n) is 11.3. The minimum absolute atomic E-state index is 0.0873. The van der Waals surface area contributed by atoms with Gasteiger partial charge in [0.1, 0.15) is 5.82 Å². The van der Waals surface area contributed by atoms with Gasteiger partial charge in [0.2, 0.25) is 5.65 Å². The van der Waals surface area contributed by atoms with Crippen molar-refractivity contribution in [1.82, 2.24) is 14.4 Å². The highest BCUT2D eigenvalue weighted by Gasteiger charge is 2.49. The number of imidazole rings is 1. The van der Waals surface area contributed by atoms with Crippen molar-refractivity contribution in [3.05, 3.63) is 35.9 Å². The van der Waals surface area contributed by atoms with Gasteiger partial charge in [-0.15, -0.1) is 0 Å². The van der Waals surface area contributed by atoms with E-state index in [0.717, 1.165) is 12.1 Å². The number of hydrogen-bond acceptors (Lipinski definition) is 5. The smallest absolute Gasteiger partial charge is 0.351 e. The second kappa shape index (κ2) is 4.78. The number of aryl methyl sites for hydroxylation is 1. The molecule has 0 aliphatic carbocycles. The molecule has 0 saturated heterocycles. The number of nitrogens with zero attached hydrogens (tertiary/aromatic N) is 3. The van der Waals surface area contributed by atoms with Crippen LogP contribution in [0.1, 0.15) is 5.56 Å². The molecule has 2 heterocycles. The third-order valence-corrected chi connectivity index (χ3v) is 3.97. The Bertz CT molecular complexity index is 1030. The number of hydrogen-bond donors (Lipinski definition) is 0. The van der Waals surface area contributed by atoms with Crippen LogP contribution in [0.4, 0.5) is 17.6 Å². The predicted octanol–water partition coefficient (Wildman–Crippen LogP) is 2.56. The van der Waals surface area contributed by atoms with Gasteiger partial charge in [0.15, 0.2) is 0 Å². The first-order valence-electron chi connectivity index (χ1n) is 6.04. The maximum atomic E-state index is 13.5. The van der Waals surface area contributed by atoms with Crippen LogP contribution in [0.25, 0.3) is 16.7 Å². The molecule has 0 aliphatic heterocycles. The molecule has 0 radical (unpaired) electrons. The van der Waals surface area contributed by atoms with Crippen molar-refractivity contribution in [3.63, 3.8) is 0 Å². The van der Waals surface area contributed by atoms with Crippen LogP contribution >= 0.6 is 0 Å². The summed E-state index contributed by atoms with van der Waals surface area (Å²) in [6.07, 6.45) is 2.52. The van der Waals surface area contributed by atoms with Gasteiger partial charge in [0.25, 0.3) is 5.88 Å². The molecule has 3 aromatic rings. The number of rotatable bonds is 2. The Labute approximate surface area is 126 Å². The molecule has 0 fully saturated rings. The molecular formula is C12H7F4N3O3S. The predicted molar refractivity (Wildman–Crippen MR) is 70.8 cm³/mol. The molecule has 0 aliphatic rings. The monoisotopic (exact) mass is 349 g/mol. The summed E-state index contributed by atoms with van der Waals surface area (Å²) in [5.41, 5.74) is -5.29. The molecule has 122 valence electrons. The molecule has 1 aromatic carbocycles. The van der Waals surface area contributed by atoms with Crippen molar-refractivity contribution in [3.8, 4) is 5.88 Å². The molecule has 0 spiro atoms. The summed E-state index contributed by atoms with van der Waals surface area (Å²) in [5.74, 6) is -1.42. The van der Waals surface area contributed by atoms with Crippen LogP contribution in [0.15, 0.2) is 24.5 Å². The Balaban J connectivity index is 2.31. The lowest BCUT2D eigenvalue weighted by Crippen LogP contribution is -2.28. The first kappa shape index (κ1) is 15.5. The average Bonchev–Trinajstić information content (AvgIpc) is 2.88. The van der Waals surface area contributed by atoms with Crippen molar-refractivity contribution in [1.29, 1.82) is 0 Å². The highest BCUT2D eigenvalue weighted by atomic mass is 32.2. The van der Waals surface area contributed by atoms with Gasteiger partial charge in [-0.2, -0.15) is 21.6 Å². The second-order valence-corrected chi connectivity index (χ2v) is 6.15. The van der Waals surface area contributed by atoms with E-state index in [0.29, 0.717) is 5.56 Å². The van der Waals surface area contributed by atoms with Crippen molar-refractivity contribution in [2.45, 2.75) is 12.4 Å². The van der Waals surface area contributed by atoms with E-state index >= 15 is 0 Å². The maximum Gasteiger partial charge on any atom is 0.534 e. The molecule has 0 N–H and O–H groups in total. The van der Waals surface area contributed by atoms with Gasteiger partial charge in [-0.25, -0.2) is 14.4 Å².